The molecular formula is C17H21N5O. The quantitative estimate of drug-likeness (QED) is 0.935. The number of aromatic nitrogens is 3. The van der Waals surface area contributed by atoms with Crippen molar-refractivity contribution in [3.63, 3.8) is 0 Å². The fourth-order valence-corrected chi connectivity index (χ4v) is 2.89. The van der Waals surface area contributed by atoms with Crippen LogP contribution in [0.25, 0.3) is 0 Å². The molecular weight excluding hydrogens is 290 g/mol. The highest BCUT2D eigenvalue weighted by Crippen LogP contribution is 2.23. The molecule has 120 valence electrons. The lowest BCUT2D eigenvalue weighted by Crippen LogP contribution is -2.26. The van der Waals surface area contributed by atoms with Gasteiger partial charge in [0.05, 0.1) is 17.4 Å². The second kappa shape index (κ2) is 6.80. The maximum absolute atomic E-state index is 9.13. The molecule has 0 saturated carbocycles. The van der Waals surface area contributed by atoms with Crippen molar-refractivity contribution in [2.24, 2.45) is 0 Å². The summed E-state index contributed by atoms with van der Waals surface area (Å²) in [5.41, 5.74) is 3.89. The summed E-state index contributed by atoms with van der Waals surface area (Å²) >= 11 is 0. The molecule has 0 aromatic carbocycles. The zero-order chi connectivity index (χ0) is 16.2. The lowest BCUT2D eigenvalue weighted by molar-refractivity contribution is 0.228. The molecule has 0 amide bonds. The molecule has 0 spiro atoms. The first-order valence-electron chi connectivity index (χ1n) is 7.95. The van der Waals surface area contributed by atoms with Gasteiger partial charge in [-0.15, -0.1) is 0 Å². The number of nitrogens with one attached hydrogen (secondary N) is 1. The Balaban J connectivity index is 1.74. The minimum absolute atomic E-state index is 0.102. The lowest BCUT2D eigenvalue weighted by Gasteiger charge is -2.19. The Bertz CT molecular complexity index is 716. The van der Waals surface area contributed by atoms with Gasteiger partial charge in [0.1, 0.15) is 12.4 Å². The van der Waals surface area contributed by atoms with Gasteiger partial charge in [0.2, 0.25) is 5.88 Å². The molecule has 0 radical (unpaired) electrons. The smallest absolute Gasteiger partial charge is 0.220 e. The number of fused-ring (bicyclic) bond motifs is 1. The molecule has 1 aliphatic heterocycles. The van der Waals surface area contributed by atoms with Gasteiger partial charge in [-0.3, -0.25) is 4.90 Å². The molecule has 3 rings (SSSR count). The number of nitriles is 1. The van der Waals surface area contributed by atoms with Crippen LogP contribution in [0.2, 0.25) is 0 Å². The fraction of sp³-hybridized carbons (Fsp3) is 0.471. The van der Waals surface area contributed by atoms with E-state index in [1.807, 2.05) is 26.1 Å². The standard InChI is InChI=1S/C17H21N5O/c1-12(2)23-17-14-4-7-22(8-5-15(14)20-11-21-17)10-16-13(9-18)3-6-19-16/h3,6,11-12,19H,4-5,7-8,10H2,1-2H3. The summed E-state index contributed by atoms with van der Waals surface area (Å²) in [6.07, 6.45) is 5.24. The highest BCUT2D eigenvalue weighted by atomic mass is 16.5. The van der Waals surface area contributed by atoms with Crippen LogP contribution >= 0.6 is 0 Å². The SMILES string of the molecule is CC(C)Oc1ncnc2c1CCN(Cc1[nH]ccc1C#N)CC2. The Morgan fingerprint density at radius 2 is 2.17 bits per heavy atom. The molecule has 0 bridgehead atoms. The molecule has 6 heteroatoms. The highest BCUT2D eigenvalue weighted by molar-refractivity contribution is 5.34. The van der Waals surface area contributed by atoms with Crippen molar-refractivity contribution in [3.05, 3.63) is 41.1 Å². The van der Waals surface area contributed by atoms with Crippen molar-refractivity contribution in [2.45, 2.75) is 39.3 Å². The van der Waals surface area contributed by atoms with Crippen LogP contribution in [-0.2, 0) is 19.4 Å². The van der Waals surface area contributed by atoms with Gasteiger partial charge in [-0.1, -0.05) is 0 Å². The van der Waals surface area contributed by atoms with Crippen LogP contribution in [-0.4, -0.2) is 39.0 Å². The molecule has 6 nitrogen and oxygen atoms in total. The van der Waals surface area contributed by atoms with Gasteiger partial charge in [-0.05, 0) is 26.3 Å². The Labute approximate surface area is 136 Å². The molecule has 3 heterocycles. The first-order chi connectivity index (χ1) is 11.2. The number of H-pyrrole nitrogens is 1. The minimum Gasteiger partial charge on any atom is -0.475 e. The topological polar surface area (TPSA) is 77.8 Å². The van der Waals surface area contributed by atoms with Gasteiger partial charge in [0.25, 0.3) is 0 Å². The minimum atomic E-state index is 0.102. The van der Waals surface area contributed by atoms with Crippen LogP contribution in [0.4, 0.5) is 0 Å². The van der Waals surface area contributed by atoms with E-state index in [0.29, 0.717) is 5.88 Å². The van der Waals surface area contributed by atoms with Crippen molar-refractivity contribution >= 4 is 0 Å². The lowest BCUT2D eigenvalue weighted by atomic mass is 10.1. The Morgan fingerprint density at radius 1 is 1.35 bits per heavy atom. The molecule has 1 aliphatic rings. The Morgan fingerprint density at radius 3 is 2.96 bits per heavy atom. The maximum atomic E-state index is 9.13. The summed E-state index contributed by atoms with van der Waals surface area (Å²) in [6, 6.07) is 4.05. The van der Waals surface area contributed by atoms with Crippen LogP contribution < -0.4 is 4.74 Å². The van der Waals surface area contributed by atoms with Crippen molar-refractivity contribution in [2.75, 3.05) is 13.1 Å². The maximum Gasteiger partial charge on any atom is 0.220 e. The molecule has 0 saturated heterocycles. The van der Waals surface area contributed by atoms with Crippen LogP contribution in [0.15, 0.2) is 18.6 Å². The molecule has 0 atom stereocenters. The molecule has 0 fully saturated rings. The first-order valence-corrected chi connectivity index (χ1v) is 7.95. The number of hydrogen-bond donors (Lipinski definition) is 1. The summed E-state index contributed by atoms with van der Waals surface area (Å²) in [7, 11) is 0. The molecule has 2 aromatic heterocycles. The van der Waals surface area contributed by atoms with E-state index in [2.05, 4.69) is 25.9 Å². The number of ether oxygens (including phenoxy) is 1. The van der Waals surface area contributed by atoms with E-state index < -0.39 is 0 Å². The van der Waals surface area contributed by atoms with Crippen LogP contribution in [0.5, 0.6) is 5.88 Å². The number of nitrogens with zero attached hydrogens (tertiary/aromatic N) is 4. The van der Waals surface area contributed by atoms with Gasteiger partial charge in [0.15, 0.2) is 0 Å². The summed E-state index contributed by atoms with van der Waals surface area (Å²) in [4.78, 5) is 14.2. The summed E-state index contributed by atoms with van der Waals surface area (Å²) < 4.78 is 5.83. The van der Waals surface area contributed by atoms with E-state index in [9.17, 15) is 0 Å². The van der Waals surface area contributed by atoms with E-state index in [0.717, 1.165) is 55.0 Å². The second-order valence-corrected chi connectivity index (χ2v) is 6.03. The normalized spacial score (nSPS) is 15.0. The Kier molecular flexibility index (Phi) is 4.58. The third kappa shape index (κ3) is 3.51. The van der Waals surface area contributed by atoms with Gasteiger partial charge in [-0.25, -0.2) is 9.97 Å². The van der Waals surface area contributed by atoms with Crippen LogP contribution in [0.3, 0.4) is 0 Å². The van der Waals surface area contributed by atoms with Crippen molar-refractivity contribution < 1.29 is 4.74 Å². The highest BCUT2D eigenvalue weighted by Gasteiger charge is 2.20. The number of aromatic amines is 1. The number of rotatable bonds is 4. The summed E-state index contributed by atoms with van der Waals surface area (Å²) in [5.74, 6) is 0.712. The molecule has 23 heavy (non-hydrogen) atoms. The first kappa shape index (κ1) is 15.5. The van der Waals surface area contributed by atoms with Crippen molar-refractivity contribution in [1.29, 1.82) is 5.26 Å². The van der Waals surface area contributed by atoms with Gasteiger partial charge < -0.3 is 9.72 Å². The van der Waals surface area contributed by atoms with E-state index in [1.54, 1.807) is 6.33 Å². The summed E-state index contributed by atoms with van der Waals surface area (Å²) in [6.45, 7) is 6.57. The zero-order valence-electron chi connectivity index (χ0n) is 13.5. The van der Waals surface area contributed by atoms with E-state index in [4.69, 9.17) is 10.00 Å². The van der Waals surface area contributed by atoms with Gasteiger partial charge in [0, 0.05) is 43.5 Å². The van der Waals surface area contributed by atoms with E-state index in [-0.39, 0.29) is 6.10 Å². The molecule has 1 N–H and O–H groups in total. The van der Waals surface area contributed by atoms with Crippen LogP contribution in [0.1, 0.15) is 36.4 Å². The number of hydrogen-bond acceptors (Lipinski definition) is 5. The third-order valence-electron chi connectivity index (χ3n) is 4.02. The van der Waals surface area contributed by atoms with E-state index in [1.165, 1.54) is 0 Å². The fourth-order valence-electron chi connectivity index (χ4n) is 2.89. The third-order valence-corrected chi connectivity index (χ3v) is 4.02. The predicted molar refractivity (Wildman–Crippen MR) is 86.0 cm³/mol. The monoisotopic (exact) mass is 311 g/mol. The average molecular weight is 311 g/mol. The summed E-state index contributed by atoms with van der Waals surface area (Å²) in [5, 5.41) is 9.13. The second-order valence-electron chi connectivity index (χ2n) is 6.03. The van der Waals surface area contributed by atoms with Crippen molar-refractivity contribution in [1.82, 2.24) is 19.9 Å². The molecule has 0 aliphatic carbocycles. The zero-order valence-corrected chi connectivity index (χ0v) is 13.5. The predicted octanol–water partition coefficient (Wildman–Crippen LogP) is 2.06. The van der Waals surface area contributed by atoms with Crippen LogP contribution in [0, 0.1) is 11.3 Å². The molecule has 2 aromatic rings. The van der Waals surface area contributed by atoms with Gasteiger partial charge in [-0.2, -0.15) is 5.26 Å². The van der Waals surface area contributed by atoms with Gasteiger partial charge >= 0.3 is 0 Å². The largest absolute Gasteiger partial charge is 0.475 e. The van der Waals surface area contributed by atoms with E-state index >= 15 is 0 Å². The van der Waals surface area contributed by atoms with Crippen molar-refractivity contribution in [3.8, 4) is 11.9 Å². The molecule has 0 unspecified atom stereocenters. The average Bonchev–Trinajstić information content (AvgIpc) is 2.87. The Hall–Kier alpha value is -2.39.